The van der Waals surface area contributed by atoms with Gasteiger partial charge in [0.1, 0.15) is 0 Å². The second kappa shape index (κ2) is 5.10. The highest BCUT2D eigenvalue weighted by Crippen LogP contribution is 2.10. The molecule has 4 nitrogen and oxygen atoms in total. The molecule has 1 aromatic carbocycles. The summed E-state index contributed by atoms with van der Waals surface area (Å²) in [5.41, 5.74) is 4.64. The van der Waals surface area contributed by atoms with Gasteiger partial charge in [-0.05, 0) is 30.5 Å². The topological polar surface area (TPSA) is 50.9 Å². The van der Waals surface area contributed by atoms with Crippen LogP contribution in [0, 0.1) is 13.8 Å². The predicted molar refractivity (Wildman–Crippen MR) is 65.8 cm³/mol. The highest BCUT2D eigenvalue weighted by molar-refractivity contribution is 5.29. The van der Waals surface area contributed by atoms with Crippen molar-refractivity contribution in [3.63, 3.8) is 0 Å². The molecule has 1 aromatic heterocycles. The van der Waals surface area contributed by atoms with Crippen LogP contribution in [0.1, 0.15) is 22.4 Å². The van der Waals surface area contributed by atoms with Crippen molar-refractivity contribution in [3.05, 3.63) is 46.8 Å². The summed E-state index contributed by atoms with van der Waals surface area (Å²) in [4.78, 5) is 0. The largest absolute Gasteiger partial charge is 0.396 e. The van der Waals surface area contributed by atoms with Gasteiger partial charge in [-0.25, -0.2) is 4.68 Å². The normalized spacial score (nSPS) is 10.8. The molecule has 0 spiro atoms. The molecule has 0 radical (unpaired) electrons. The molecule has 0 aliphatic carbocycles. The van der Waals surface area contributed by atoms with E-state index in [9.17, 15) is 0 Å². The quantitative estimate of drug-likeness (QED) is 0.867. The van der Waals surface area contributed by atoms with Crippen molar-refractivity contribution in [3.8, 4) is 0 Å². The molecule has 0 amide bonds. The van der Waals surface area contributed by atoms with Crippen LogP contribution in [0.3, 0.4) is 0 Å². The molecule has 90 valence electrons. The summed E-state index contributed by atoms with van der Waals surface area (Å²) in [5.74, 6) is 0. The van der Waals surface area contributed by atoms with Gasteiger partial charge in [-0.15, -0.1) is 5.10 Å². The Kier molecular flexibility index (Phi) is 3.54. The highest BCUT2D eigenvalue weighted by atomic mass is 16.3. The second-order valence-electron chi connectivity index (χ2n) is 4.30. The summed E-state index contributed by atoms with van der Waals surface area (Å²) in [7, 11) is 0. The Morgan fingerprint density at radius 1 is 1.24 bits per heavy atom. The Morgan fingerprint density at radius 2 is 2.06 bits per heavy atom. The maximum absolute atomic E-state index is 8.81. The van der Waals surface area contributed by atoms with E-state index < -0.39 is 0 Å². The first-order chi connectivity index (χ1) is 8.19. The number of aromatic nitrogens is 3. The fourth-order valence-electron chi connectivity index (χ4n) is 1.73. The lowest BCUT2D eigenvalue weighted by Crippen LogP contribution is -2.01. The summed E-state index contributed by atoms with van der Waals surface area (Å²) in [6.45, 7) is 5.05. The summed E-state index contributed by atoms with van der Waals surface area (Å²) in [6, 6.07) is 6.40. The molecule has 0 saturated heterocycles. The van der Waals surface area contributed by atoms with Gasteiger partial charge in [0.2, 0.25) is 0 Å². The maximum atomic E-state index is 8.81. The third kappa shape index (κ3) is 2.91. The van der Waals surface area contributed by atoms with Crippen LogP contribution < -0.4 is 0 Å². The van der Waals surface area contributed by atoms with Gasteiger partial charge in [0.05, 0.1) is 12.2 Å². The van der Waals surface area contributed by atoms with Gasteiger partial charge in [-0.3, -0.25) is 0 Å². The van der Waals surface area contributed by atoms with Gasteiger partial charge in [-0.1, -0.05) is 23.4 Å². The minimum Gasteiger partial charge on any atom is -0.396 e. The molecular weight excluding hydrogens is 214 g/mol. The van der Waals surface area contributed by atoms with Crippen LogP contribution in [-0.2, 0) is 13.0 Å². The van der Waals surface area contributed by atoms with Crippen LogP contribution in [0.15, 0.2) is 24.4 Å². The van der Waals surface area contributed by atoms with Crippen LogP contribution in [0.4, 0.5) is 0 Å². The number of hydrogen-bond acceptors (Lipinski definition) is 3. The van der Waals surface area contributed by atoms with Gasteiger partial charge in [-0.2, -0.15) is 0 Å². The summed E-state index contributed by atoms with van der Waals surface area (Å²) >= 11 is 0. The van der Waals surface area contributed by atoms with E-state index in [0.717, 1.165) is 12.2 Å². The van der Waals surface area contributed by atoms with Crippen molar-refractivity contribution in [1.29, 1.82) is 0 Å². The Balaban J connectivity index is 2.11. The van der Waals surface area contributed by atoms with Crippen LogP contribution in [0.2, 0.25) is 0 Å². The molecular formula is C13H17N3O. The molecule has 0 atom stereocenters. The summed E-state index contributed by atoms with van der Waals surface area (Å²) in [6.07, 6.45) is 2.44. The van der Waals surface area contributed by atoms with Crippen molar-refractivity contribution in [2.24, 2.45) is 0 Å². The molecule has 0 aliphatic heterocycles. The smallest absolute Gasteiger partial charge is 0.0850 e. The van der Waals surface area contributed by atoms with Gasteiger partial charge >= 0.3 is 0 Å². The van der Waals surface area contributed by atoms with Crippen molar-refractivity contribution in [2.75, 3.05) is 6.61 Å². The summed E-state index contributed by atoms with van der Waals surface area (Å²) in [5, 5.41) is 16.8. The zero-order valence-corrected chi connectivity index (χ0v) is 10.2. The van der Waals surface area contributed by atoms with Crippen LogP contribution >= 0.6 is 0 Å². The summed E-state index contributed by atoms with van der Waals surface area (Å²) < 4.78 is 1.80. The van der Waals surface area contributed by atoms with Crippen LogP contribution in [-0.4, -0.2) is 26.7 Å². The third-order valence-corrected chi connectivity index (χ3v) is 2.87. The minimum atomic E-state index is 0.113. The fraction of sp³-hybridized carbons (Fsp3) is 0.385. The molecule has 2 rings (SSSR count). The molecule has 2 aromatic rings. The van der Waals surface area contributed by atoms with E-state index in [-0.39, 0.29) is 6.61 Å². The van der Waals surface area contributed by atoms with Crippen molar-refractivity contribution >= 4 is 0 Å². The number of hydrogen-bond donors (Lipinski definition) is 1. The van der Waals surface area contributed by atoms with Gasteiger partial charge < -0.3 is 5.11 Å². The number of benzene rings is 1. The molecule has 0 bridgehead atoms. The first kappa shape index (κ1) is 11.8. The zero-order valence-electron chi connectivity index (χ0n) is 10.2. The first-order valence-corrected chi connectivity index (χ1v) is 5.75. The Labute approximate surface area is 101 Å². The first-order valence-electron chi connectivity index (χ1n) is 5.75. The number of aryl methyl sites for hydroxylation is 2. The van der Waals surface area contributed by atoms with Gasteiger partial charge in [0.15, 0.2) is 0 Å². The fourth-order valence-corrected chi connectivity index (χ4v) is 1.73. The number of rotatable bonds is 4. The number of nitrogens with zero attached hydrogens (tertiary/aromatic N) is 3. The standard InChI is InChI=1S/C13H17N3O/c1-10-3-4-12(7-11(10)2)8-16-9-13(5-6-17)14-15-16/h3-4,7,9,17H,5-6,8H2,1-2H3. The van der Waals surface area contributed by atoms with E-state index >= 15 is 0 Å². The lowest BCUT2D eigenvalue weighted by atomic mass is 10.1. The molecule has 0 saturated carbocycles. The lowest BCUT2D eigenvalue weighted by molar-refractivity contribution is 0.298. The molecule has 17 heavy (non-hydrogen) atoms. The third-order valence-electron chi connectivity index (χ3n) is 2.87. The molecule has 0 fully saturated rings. The second-order valence-corrected chi connectivity index (χ2v) is 4.30. The van der Waals surface area contributed by atoms with Crippen molar-refractivity contribution in [1.82, 2.24) is 15.0 Å². The lowest BCUT2D eigenvalue weighted by Gasteiger charge is -2.04. The average molecular weight is 231 g/mol. The van der Waals surface area contributed by atoms with E-state index in [0.29, 0.717) is 6.42 Å². The van der Waals surface area contributed by atoms with Crippen LogP contribution in [0.5, 0.6) is 0 Å². The van der Waals surface area contributed by atoms with E-state index in [2.05, 4.69) is 42.4 Å². The Hall–Kier alpha value is -1.68. The predicted octanol–water partition coefficient (Wildman–Crippen LogP) is 1.48. The SMILES string of the molecule is Cc1ccc(Cn2cc(CCO)nn2)cc1C. The van der Waals surface area contributed by atoms with E-state index in [1.54, 1.807) is 4.68 Å². The maximum Gasteiger partial charge on any atom is 0.0850 e. The molecule has 4 heteroatoms. The monoisotopic (exact) mass is 231 g/mol. The molecule has 0 unspecified atom stereocenters. The van der Waals surface area contributed by atoms with E-state index in [4.69, 9.17) is 5.11 Å². The van der Waals surface area contributed by atoms with E-state index in [1.165, 1.54) is 16.7 Å². The minimum absolute atomic E-state index is 0.113. The Bertz CT molecular complexity index is 505. The molecule has 0 aliphatic rings. The molecule has 1 N–H and O–H groups in total. The van der Waals surface area contributed by atoms with E-state index in [1.807, 2.05) is 6.20 Å². The van der Waals surface area contributed by atoms with Crippen molar-refractivity contribution in [2.45, 2.75) is 26.8 Å². The molecule has 1 heterocycles. The zero-order chi connectivity index (χ0) is 12.3. The van der Waals surface area contributed by atoms with Crippen LogP contribution in [0.25, 0.3) is 0 Å². The Morgan fingerprint density at radius 3 is 2.76 bits per heavy atom. The van der Waals surface area contributed by atoms with Gasteiger partial charge in [0.25, 0.3) is 0 Å². The van der Waals surface area contributed by atoms with Gasteiger partial charge in [0, 0.05) is 19.2 Å². The van der Waals surface area contributed by atoms with Crippen molar-refractivity contribution < 1.29 is 5.11 Å². The number of aliphatic hydroxyl groups excluding tert-OH is 1. The highest BCUT2D eigenvalue weighted by Gasteiger charge is 2.02. The number of aliphatic hydroxyl groups is 1. The average Bonchev–Trinajstić information content (AvgIpc) is 2.72.